The number of nitrogens with one attached hydrogen (secondary N) is 1. The average molecular weight is 383 g/mol. The third-order valence-electron chi connectivity index (χ3n) is 3.62. The predicted molar refractivity (Wildman–Crippen MR) is 93.0 cm³/mol. The number of benzene rings is 2. The number of rotatable bonds is 6. The summed E-state index contributed by atoms with van der Waals surface area (Å²) < 4.78 is 25.0. The molecule has 0 spiro atoms. The summed E-state index contributed by atoms with van der Waals surface area (Å²) in [5.41, 5.74) is 0.437. The fourth-order valence-electron chi connectivity index (χ4n) is 2.07. The number of carbonyl (C=O) groups is 1. The summed E-state index contributed by atoms with van der Waals surface area (Å²) in [5, 5.41) is 12.3. The Morgan fingerprint density at radius 3 is 2.36 bits per heavy atom. The highest BCUT2D eigenvalue weighted by Gasteiger charge is 2.30. The standard InChI is InChI=1S/C16H15ClN2O5S/c1-11(16(20)18-10-12-4-2-3-5-15(12)17)25(23,24)14-8-6-13(7-9-14)19(21)22/h2-9,11H,10H2,1H3,(H,18,20)/t11-/m1/s1. The molecule has 132 valence electrons. The van der Waals surface area contributed by atoms with Crippen molar-refractivity contribution in [1.29, 1.82) is 0 Å². The first-order chi connectivity index (χ1) is 11.7. The molecule has 0 saturated heterocycles. The van der Waals surface area contributed by atoms with Crippen LogP contribution in [0.3, 0.4) is 0 Å². The van der Waals surface area contributed by atoms with Crippen LogP contribution in [0.15, 0.2) is 53.4 Å². The molecule has 2 aromatic carbocycles. The molecular formula is C16H15ClN2O5S. The van der Waals surface area contributed by atoms with E-state index in [0.717, 1.165) is 24.3 Å². The van der Waals surface area contributed by atoms with Gasteiger partial charge in [0, 0.05) is 23.7 Å². The molecule has 0 heterocycles. The van der Waals surface area contributed by atoms with Crippen molar-refractivity contribution in [1.82, 2.24) is 5.32 Å². The highest BCUT2D eigenvalue weighted by molar-refractivity contribution is 7.92. The molecule has 1 N–H and O–H groups in total. The van der Waals surface area contributed by atoms with E-state index in [2.05, 4.69) is 5.32 Å². The summed E-state index contributed by atoms with van der Waals surface area (Å²) in [6.45, 7) is 1.36. The third-order valence-corrected chi connectivity index (χ3v) is 6.06. The van der Waals surface area contributed by atoms with Crippen LogP contribution < -0.4 is 5.32 Å². The summed E-state index contributed by atoms with van der Waals surface area (Å²) in [6, 6.07) is 11.3. The van der Waals surface area contributed by atoms with Gasteiger partial charge in [-0.3, -0.25) is 14.9 Å². The van der Waals surface area contributed by atoms with Crippen molar-refractivity contribution in [3.05, 3.63) is 69.2 Å². The van der Waals surface area contributed by atoms with Gasteiger partial charge in [-0.15, -0.1) is 0 Å². The Morgan fingerprint density at radius 2 is 1.80 bits per heavy atom. The molecule has 0 aromatic heterocycles. The minimum absolute atomic E-state index is 0.0959. The second-order valence-corrected chi connectivity index (χ2v) is 7.92. The summed E-state index contributed by atoms with van der Waals surface area (Å²) in [7, 11) is -3.96. The van der Waals surface area contributed by atoms with Crippen molar-refractivity contribution in [3.63, 3.8) is 0 Å². The summed E-state index contributed by atoms with van der Waals surface area (Å²) in [4.78, 5) is 22.0. The molecular weight excluding hydrogens is 368 g/mol. The van der Waals surface area contributed by atoms with Gasteiger partial charge < -0.3 is 5.32 Å². The first-order valence-corrected chi connectivity index (χ1v) is 9.15. The van der Waals surface area contributed by atoms with Gasteiger partial charge in [0.1, 0.15) is 5.25 Å². The molecule has 2 aromatic rings. The maximum Gasteiger partial charge on any atom is 0.269 e. The summed E-state index contributed by atoms with van der Waals surface area (Å²) >= 11 is 5.99. The Bertz CT molecular complexity index is 897. The molecule has 0 aliphatic heterocycles. The summed E-state index contributed by atoms with van der Waals surface area (Å²) in [5.74, 6) is -0.682. The molecule has 2 rings (SSSR count). The zero-order valence-electron chi connectivity index (χ0n) is 13.2. The number of hydrogen-bond donors (Lipinski definition) is 1. The quantitative estimate of drug-likeness (QED) is 0.610. The molecule has 0 unspecified atom stereocenters. The maximum absolute atomic E-state index is 12.5. The number of nitrogens with zero attached hydrogens (tertiary/aromatic N) is 1. The van der Waals surface area contributed by atoms with Crippen molar-refractivity contribution >= 4 is 33.0 Å². The van der Waals surface area contributed by atoms with Crippen LogP contribution >= 0.6 is 11.6 Å². The lowest BCUT2D eigenvalue weighted by molar-refractivity contribution is -0.384. The first-order valence-electron chi connectivity index (χ1n) is 7.23. The lowest BCUT2D eigenvalue weighted by Crippen LogP contribution is -2.37. The Kier molecular flexibility index (Phi) is 5.76. The lowest BCUT2D eigenvalue weighted by Gasteiger charge is -2.14. The van der Waals surface area contributed by atoms with Crippen molar-refractivity contribution in [2.45, 2.75) is 23.6 Å². The number of hydrogen-bond acceptors (Lipinski definition) is 5. The van der Waals surface area contributed by atoms with E-state index >= 15 is 0 Å². The second-order valence-electron chi connectivity index (χ2n) is 5.25. The molecule has 0 aliphatic rings. The molecule has 0 radical (unpaired) electrons. The lowest BCUT2D eigenvalue weighted by atomic mass is 10.2. The van der Waals surface area contributed by atoms with Gasteiger partial charge in [-0.25, -0.2) is 8.42 Å². The van der Waals surface area contributed by atoms with Gasteiger partial charge in [0.05, 0.1) is 9.82 Å². The van der Waals surface area contributed by atoms with Gasteiger partial charge in [-0.1, -0.05) is 29.8 Å². The minimum atomic E-state index is -3.96. The van der Waals surface area contributed by atoms with Gasteiger partial charge >= 0.3 is 0 Å². The van der Waals surface area contributed by atoms with Crippen LogP contribution in [0.2, 0.25) is 5.02 Å². The van der Waals surface area contributed by atoms with E-state index in [4.69, 9.17) is 11.6 Å². The van der Waals surface area contributed by atoms with Gasteiger partial charge in [0.2, 0.25) is 5.91 Å². The van der Waals surface area contributed by atoms with Crippen molar-refractivity contribution in [2.75, 3.05) is 0 Å². The van der Waals surface area contributed by atoms with Crippen LogP contribution in [-0.4, -0.2) is 24.5 Å². The van der Waals surface area contributed by atoms with Crippen LogP contribution in [0, 0.1) is 10.1 Å². The molecule has 1 amide bonds. The normalized spacial score (nSPS) is 12.4. The van der Waals surface area contributed by atoms with E-state index < -0.39 is 25.9 Å². The highest BCUT2D eigenvalue weighted by Crippen LogP contribution is 2.20. The van der Waals surface area contributed by atoms with Crippen molar-refractivity contribution in [3.8, 4) is 0 Å². The van der Waals surface area contributed by atoms with E-state index in [9.17, 15) is 23.3 Å². The zero-order valence-corrected chi connectivity index (χ0v) is 14.8. The van der Waals surface area contributed by atoms with E-state index in [1.807, 2.05) is 0 Å². The predicted octanol–water partition coefficient (Wildman–Crippen LogP) is 2.73. The summed E-state index contributed by atoms with van der Waals surface area (Å²) in [6.07, 6.45) is 0. The SMILES string of the molecule is C[C@H](C(=O)NCc1ccccc1Cl)S(=O)(=O)c1ccc([N+](=O)[O-])cc1. The van der Waals surface area contributed by atoms with Gasteiger partial charge in [0.15, 0.2) is 9.84 Å². The fourth-order valence-corrected chi connectivity index (χ4v) is 3.56. The molecule has 0 saturated carbocycles. The fraction of sp³-hybridized carbons (Fsp3) is 0.188. The number of sulfone groups is 1. The largest absolute Gasteiger partial charge is 0.351 e. The number of nitro benzene ring substituents is 1. The van der Waals surface area contributed by atoms with Gasteiger partial charge in [-0.2, -0.15) is 0 Å². The Hall–Kier alpha value is -2.45. The molecule has 7 nitrogen and oxygen atoms in total. The van der Waals surface area contributed by atoms with Crippen LogP contribution in [0.1, 0.15) is 12.5 Å². The minimum Gasteiger partial charge on any atom is -0.351 e. The second kappa shape index (κ2) is 7.62. The number of amides is 1. The third kappa shape index (κ3) is 4.34. The number of non-ortho nitro benzene ring substituents is 1. The molecule has 0 bridgehead atoms. The number of nitro groups is 1. The van der Waals surface area contributed by atoms with E-state index in [1.54, 1.807) is 24.3 Å². The Balaban J connectivity index is 2.11. The molecule has 25 heavy (non-hydrogen) atoms. The maximum atomic E-state index is 12.5. The van der Waals surface area contributed by atoms with Crippen LogP contribution in [0.5, 0.6) is 0 Å². The van der Waals surface area contributed by atoms with Crippen molar-refractivity contribution in [2.24, 2.45) is 0 Å². The van der Waals surface area contributed by atoms with Crippen molar-refractivity contribution < 1.29 is 18.1 Å². The average Bonchev–Trinajstić information content (AvgIpc) is 2.60. The first kappa shape index (κ1) is 18.9. The highest BCUT2D eigenvalue weighted by atomic mass is 35.5. The smallest absolute Gasteiger partial charge is 0.269 e. The topological polar surface area (TPSA) is 106 Å². The van der Waals surface area contributed by atoms with Gasteiger partial charge in [0.25, 0.3) is 5.69 Å². The Labute approximate surface area is 149 Å². The number of carbonyl (C=O) groups excluding carboxylic acids is 1. The zero-order chi connectivity index (χ0) is 18.6. The van der Waals surface area contributed by atoms with Crippen LogP contribution in [0.25, 0.3) is 0 Å². The molecule has 0 aliphatic carbocycles. The monoisotopic (exact) mass is 382 g/mol. The van der Waals surface area contributed by atoms with Crippen LogP contribution in [-0.2, 0) is 21.2 Å². The molecule has 9 heteroatoms. The van der Waals surface area contributed by atoms with E-state index in [-0.39, 0.29) is 17.1 Å². The molecule has 0 fully saturated rings. The molecule has 1 atom stereocenters. The van der Waals surface area contributed by atoms with Gasteiger partial charge in [-0.05, 0) is 30.7 Å². The van der Waals surface area contributed by atoms with E-state index in [1.165, 1.54) is 6.92 Å². The Morgan fingerprint density at radius 1 is 1.20 bits per heavy atom. The number of halogens is 1. The van der Waals surface area contributed by atoms with Crippen LogP contribution in [0.4, 0.5) is 5.69 Å². The van der Waals surface area contributed by atoms with E-state index in [0.29, 0.717) is 10.6 Å².